The summed E-state index contributed by atoms with van der Waals surface area (Å²) in [6.45, 7) is 0. The molecule has 0 heterocycles. The van der Waals surface area contributed by atoms with Crippen molar-refractivity contribution in [3.05, 3.63) is 17.7 Å². The number of phenols is 1. The van der Waals surface area contributed by atoms with Gasteiger partial charge in [-0.2, -0.15) is 13.2 Å². The third-order valence-electron chi connectivity index (χ3n) is 2.37. The SMILES string of the molecule is COc1cc(O)c([C@H](N)CC(F)(F)F)c(OC)c1.Cl. The lowest BCUT2D eigenvalue weighted by molar-refractivity contribution is -0.138. The van der Waals surface area contributed by atoms with E-state index in [1.165, 1.54) is 26.4 Å². The van der Waals surface area contributed by atoms with Gasteiger partial charge in [0.05, 0.1) is 26.2 Å². The van der Waals surface area contributed by atoms with E-state index in [-0.39, 0.29) is 35.2 Å². The van der Waals surface area contributed by atoms with Crippen LogP contribution in [0.25, 0.3) is 0 Å². The lowest BCUT2D eigenvalue weighted by Gasteiger charge is -2.19. The van der Waals surface area contributed by atoms with Gasteiger partial charge in [0.2, 0.25) is 0 Å². The molecule has 0 aromatic heterocycles. The van der Waals surface area contributed by atoms with Gasteiger partial charge in [0, 0.05) is 18.2 Å². The number of alkyl halides is 3. The maximum absolute atomic E-state index is 12.3. The largest absolute Gasteiger partial charge is 0.507 e. The third-order valence-corrected chi connectivity index (χ3v) is 2.37. The Balaban J connectivity index is 0.00000324. The van der Waals surface area contributed by atoms with Crippen LogP contribution in [0.1, 0.15) is 18.0 Å². The van der Waals surface area contributed by atoms with Crippen molar-refractivity contribution >= 4 is 12.4 Å². The highest BCUT2D eigenvalue weighted by atomic mass is 35.5. The lowest BCUT2D eigenvalue weighted by Crippen LogP contribution is -2.21. The maximum atomic E-state index is 12.3. The van der Waals surface area contributed by atoms with Crippen LogP contribution in [0.2, 0.25) is 0 Å². The monoisotopic (exact) mass is 301 g/mol. The highest BCUT2D eigenvalue weighted by Gasteiger charge is 2.33. The zero-order valence-electron chi connectivity index (χ0n) is 10.3. The number of phenolic OH excluding ortho intramolecular Hbond substituents is 1. The number of rotatable bonds is 4. The van der Waals surface area contributed by atoms with E-state index in [9.17, 15) is 18.3 Å². The second-order valence-corrected chi connectivity index (χ2v) is 3.69. The van der Waals surface area contributed by atoms with E-state index in [4.69, 9.17) is 15.2 Å². The molecule has 0 aliphatic carbocycles. The molecule has 0 bridgehead atoms. The summed E-state index contributed by atoms with van der Waals surface area (Å²) in [7, 11) is 2.64. The van der Waals surface area contributed by atoms with Crippen molar-refractivity contribution in [2.24, 2.45) is 5.73 Å². The zero-order chi connectivity index (χ0) is 13.9. The van der Waals surface area contributed by atoms with Gasteiger partial charge in [-0.3, -0.25) is 0 Å². The van der Waals surface area contributed by atoms with E-state index < -0.39 is 18.6 Å². The Morgan fingerprint density at radius 1 is 1.26 bits per heavy atom. The number of hydrogen-bond donors (Lipinski definition) is 2. The zero-order valence-corrected chi connectivity index (χ0v) is 11.1. The first-order valence-electron chi connectivity index (χ1n) is 5.05. The average Bonchev–Trinajstić information content (AvgIpc) is 2.24. The number of aromatic hydroxyl groups is 1. The molecule has 0 aliphatic heterocycles. The molecule has 1 rings (SSSR count). The summed E-state index contributed by atoms with van der Waals surface area (Å²) in [4.78, 5) is 0. The van der Waals surface area contributed by atoms with Crippen LogP contribution in [0, 0.1) is 0 Å². The highest BCUT2D eigenvalue weighted by Crippen LogP contribution is 2.40. The fraction of sp³-hybridized carbons (Fsp3) is 0.455. The van der Waals surface area contributed by atoms with Crippen LogP contribution < -0.4 is 15.2 Å². The molecular weight excluding hydrogens is 287 g/mol. The van der Waals surface area contributed by atoms with E-state index in [0.717, 1.165) is 0 Å². The van der Waals surface area contributed by atoms with E-state index >= 15 is 0 Å². The molecule has 8 heteroatoms. The van der Waals surface area contributed by atoms with Gasteiger partial charge in [-0.15, -0.1) is 12.4 Å². The molecule has 1 aromatic carbocycles. The summed E-state index contributed by atoms with van der Waals surface area (Å²) in [6, 6.07) is 1.16. The predicted molar refractivity (Wildman–Crippen MR) is 66.1 cm³/mol. The Morgan fingerprint density at radius 3 is 2.26 bits per heavy atom. The minimum Gasteiger partial charge on any atom is -0.507 e. The fourth-order valence-corrected chi connectivity index (χ4v) is 1.60. The van der Waals surface area contributed by atoms with E-state index in [0.29, 0.717) is 0 Å². The molecule has 0 amide bonds. The lowest BCUT2D eigenvalue weighted by atomic mass is 10.0. The van der Waals surface area contributed by atoms with Crippen LogP contribution in [-0.2, 0) is 0 Å². The van der Waals surface area contributed by atoms with Gasteiger partial charge >= 0.3 is 6.18 Å². The van der Waals surface area contributed by atoms with Gasteiger partial charge in [-0.05, 0) is 0 Å². The van der Waals surface area contributed by atoms with Crippen molar-refractivity contribution in [1.29, 1.82) is 0 Å². The Labute approximate surface area is 114 Å². The molecule has 0 fully saturated rings. The molecule has 0 saturated carbocycles. The molecule has 3 N–H and O–H groups in total. The van der Waals surface area contributed by atoms with Crippen LogP contribution in [0.15, 0.2) is 12.1 Å². The summed E-state index contributed by atoms with van der Waals surface area (Å²) in [6.07, 6.45) is -5.67. The first-order valence-corrected chi connectivity index (χ1v) is 5.05. The van der Waals surface area contributed by atoms with Crippen molar-refractivity contribution in [3.8, 4) is 17.2 Å². The Kier molecular flexibility index (Phi) is 6.24. The highest BCUT2D eigenvalue weighted by molar-refractivity contribution is 5.85. The van der Waals surface area contributed by atoms with Crippen LogP contribution >= 0.6 is 12.4 Å². The Bertz CT molecular complexity index is 426. The summed E-state index contributed by atoms with van der Waals surface area (Å²) in [5.74, 6) is -0.0566. The van der Waals surface area contributed by atoms with Gasteiger partial charge < -0.3 is 20.3 Å². The van der Waals surface area contributed by atoms with Crippen molar-refractivity contribution in [1.82, 2.24) is 0 Å². The molecule has 1 atom stereocenters. The van der Waals surface area contributed by atoms with Gasteiger partial charge in [0.1, 0.15) is 17.2 Å². The summed E-state index contributed by atoms with van der Waals surface area (Å²) >= 11 is 0. The second kappa shape index (κ2) is 6.72. The number of halogens is 4. The van der Waals surface area contributed by atoms with Gasteiger partial charge in [-0.1, -0.05) is 0 Å². The van der Waals surface area contributed by atoms with Gasteiger partial charge in [0.25, 0.3) is 0 Å². The Hall–Kier alpha value is -1.34. The molecule has 0 unspecified atom stereocenters. The standard InChI is InChI=1S/C11H14F3NO3.ClH/c1-17-6-3-8(16)10(9(4-6)18-2)7(15)5-11(12,13)14;/h3-4,7,16H,5,15H2,1-2H3;1H/t7-;/m1./s1. The number of hydrogen-bond acceptors (Lipinski definition) is 4. The van der Waals surface area contributed by atoms with E-state index in [1.807, 2.05) is 0 Å². The third kappa shape index (κ3) is 4.68. The van der Waals surface area contributed by atoms with Crippen molar-refractivity contribution in [2.45, 2.75) is 18.6 Å². The number of nitrogens with two attached hydrogens (primary N) is 1. The fourth-order valence-electron chi connectivity index (χ4n) is 1.60. The molecular formula is C11H15ClF3NO3. The minimum absolute atomic E-state index is 0. The normalized spacial score (nSPS) is 12.5. The maximum Gasteiger partial charge on any atom is 0.390 e. The molecule has 4 nitrogen and oxygen atoms in total. The predicted octanol–water partition coefficient (Wildman–Crippen LogP) is 2.78. The van der Waals surface area contributed by atoms with Gasteiger partial charge in [-0.25, -0.2) is 0 Å². The smallest absolute Gasteiger partial charge is 0.390 e. The molecule has 0 spiro atoms. The number of ether oxygens (including phenoxy) is 2. The van der Waals surface area contributed by atoms with Gasteiger partial charge in [0.15, 0.2) is 0 Å². The second-order valence-electron chi connectivity index (χ2n) is 3.69. The first-order chi connectivity index (χ1) is 8.28. The molecule has 0 saturated heterocycles. The summed E-state index contributed by atoms with van der Waals surface area (Å²) in [5.41, 5.74) is 5.36. The summed E-state index contributed by atoms with van der Waals surface area (Å²) < 4.78 is 46.6. The van der Waals surface area contributed by atoms with E-state index in [1.54, 1.807) is 0 Å². The molecule has 1 aromatic rings. The molecule has 0 aliphatic rings. The minimum atomic E-state index is -4.42. The number of benzene rings is 1. The molecule has 19 heavy (non-hydrogen) atoms. The van der Waals surface area contributed by atoms with Crippen LogP contribution in [0.3, 0.4) is 0 Å². The topological polar surface area (TPSA) is 64.7 Å². The molecule has 0 radical (unpaired) electrons. The average molecular weight is 302 g/mol. The van der Waals surface area contributed by atoms with Crippen molar-refractivity contribution in [2.75, 3.05) is 14.2 Å². The van der Waals surface area contributed by atoms with Crippen molar-refractivity contribution in [3.63, 3.8) is 0 Å². The number of methoxy groups -OCH3 is 2. The summed E-state index contributed by atoms with van der Waals surface area (Å²) in [5, 5.41) is 9.69. The molecule has 110 valence electrons. The van der Waals surface area contributed by atoms with Crippen LogP contribution in [-0.4, -0.2) is 25.5 Å². The van der Waals surface area contributed by atoms with E-state index in [2.05, 4.69) is 0 Å². The Morgan fingerprint density at radius 2 is 1.84 bits per heavy atom. The van der Waals surface area contributed by atoms with Crippen LogP contribution in [0.4, 0.5) is 13.2 Å². The first kappa shape index (κ1) is 17.7. The van der Waals surface area contributed by atoms with Crippen molar-refractivity contribution < 1.29 is 27.8 Å². The quantitative estimate of drug-likeness (QED) is 0.897. The van der Waals surface area contributed by atoms with Crippen LogP contribution in [0.5, 0.6) is 17.2 Å².